The van der Waals surface area contributed by atoms with Crippen LogP contribution in [0.1, 0.15) is 49.0 Å². The Hall–Kier alpha value is -2.08. The molecular formula is C18H24FN3O2. The molecule has 1 N–H and O–H groups in total. The number of hydrogen-bond acceptors (Lipinski definition) is 4. The van der Waals surface area contributed by atoms with Crippen LogP contribution in [0.15, 0.2) is 18.2 Å². The van der Waals surface area contributed by atoms with Crippen LogP contribution < -0.4 is 14.8 Å². The lowest BCUT2D eigenvalue weighted by Gasteiger charge is -2.27. The van der Waals surface area contributed by atoms with Crippen LogP contribution in [0, 0.1) is 5.82 Å². The zero-order valence-electron chi connectivity index (χ0n) is 14.6. The van der Waals surface area contributed by atoms with Gasteiger partial charge in [-0.25, -0.2) is 9.07 Å². The summed E-state index contributed by atoms with van der Waals surface area (Å²) in [6.45, 7) is 5.35. The van der Waals surface area contributed by atoms with Crippen molar-refractivity contribution in [2.24, 2.45) is 7.05 Å². The van der Waals surface area contributed by atoms with Gasteiger partial charge in [-0.15, -0.1) is 0 Å². The topological polar surface area (TPSA) is 48.3 Å². The number of aromatic nitrogens is 2. The summed E-state index contributed by atoms with van der Waals surface area (Å²) in [5.74, 6) is 1.12. The van der Waals surface area contributed by atoms with E-state index in [1.54, 1.807) is 17.9 Å². The molecular weight excluding hydrogens is 309 g/mol. The van der Waals surface area contributed by atoms with E-state index in [0.717, 1.165) is 29.1 Å². The maximum absolute atomic E-state index is 13.9. The number of rotatable bonds is 5. The molecule has 0 saturated carbocycles. The van der Waals surface area contributed by atoms with E-state index in [1.165, 1.54) is 6.07 Å². The average Bonchev–Trinajstić information content (AvgIpc) is 2.89. The third-order valence-electron chi connectivity index (χ3n) is 4.41. The summed E-state index contributed by atoms with van der Waals surface area (Å²) in [4.78, 5) is 0. The lowest BCUT2D eigenvalue weighted by molar-refractivity contribution is 0.240. The molecule has 0 unspecified atom stereocenters. The molecule has 0 fully saturated rings. The highest BCUT2D eigenvalue weighted by Crippen LogP contribution is 2.35. The molecule has 0 spiro atoms. The number of fused-ring (bicyclic) bond motifs is 1. The smallest absolute Gasteiger partial charge is 0.216 e. The minimum Gasteiger partial charge on any atom is -0.490 e. The fourth-order valence-corrected chi connectivity index (χ4v) is 3.28. The van der Waals surface area contributed by atoms with E-state index in [0.29, 0.717) is 24.8 Å². The van der Waals surface area contributed by atoms with Crippen molar-refractivity contribution in [2.45, 2.75) is 38.8 Å². The summed E-state index contributed by atoms with van der Waals surface area (Å²) >= 11 is 0. The fourth-order valence-electron chi connectivity index (χ4n) is 3.28. The van der Waals surface area contributed by atoms with E-state index in [2.05, 4.69) is 24.3 Å². The van der Waals surface area contributed by atoms with Gasteiger partial charge >= 0.3 is 0 Å². The molecule has 2 heterocycles. The molecule has 0 amide bonds. The number of ether oxygens (including phenoxy) is 2. The predicted octanol–water partition coefficient (Wildman–Crippen LogP) is 3.30. The molecule has 1 aliphatic rings. The lowest BCUT2D eigenvalue weighted by atomic mass is 9.99. The van der Waals surface area contributed by atoms with Gasteiger partial charge in [-0.05, 0) is 12.0 Å². The van der Waals surface area contributed by atoms with Crippen molar-refractivity contribution in [1.29, 1.82) is 0 Å². The van der Waals surface area contributed by atoms with E-state index in [9.17, 15) is 4.39 Å². The Morgan fingerprint density at radius 3 is 2.96 bits per heavy atom. The Bertz CT molecular complexity index is 727. The van der Waals surface area contributed by atoms with Gasteiger partial charge in [-0.1, -0.05) is 26.0 Å². The van der Waals surface area contributed by atoms with E-state index < -0.39 is 0 Å². The van der Waals surface area contributed by atoms with Crippen molar-refractivity contribution < 1.29 is 13.9 Å². The van der Waals surface area contributed by atoms with E-state index in [4.69, 9.17) is 9.47 Å². The second kappa shape index (κ2) is 6.81. The monoisotopic (exact) mass is 333 g/mol. The van der Waals surface area contributed by atoms with Crippen molar-refractivity contribution in [2.75, 3.05) is 13.7 Å². The second-order valence-electron chi connectivity index (χ2n) is 6.38. The van der Waals surface area contributed by atoms with Gasteiger partial charge in [0.05, 0.1) is 25.0 Å². The largest absolute Gasteiger partial charge is 0.490 e. The highest BCUT2D eigenvalue weighted by atomic mass is 19.1. The first-order valence-corrected chi connectivity index (χ1v) is 8.27. The minimum absolute atomic E-state index is 0.0503. The van der Waals surface area contributed by atoms with Gasteiger partial charge in [-0.3, -0.25) is 0 Å². The Morgan fingerprint density at radius 1 is 1.46 bits per heavy atom. The third kappa shape index (κ3) is 2.98. The quantitative estimate of drug-likeness (QED) is 0.912. The molecule has 6 heteroatoms. The number of para-hydroxylation sites is 1. The van der Waals surface area contributed by atoms with Crippen molar-refractivity contribution in [1.82, 2.24) is 15.1 Å². The molecule has 130 valence electrons. The van der Waals surface area contributed by atoms with Crippen LogP contribution >= 0.6 is 0 Å². The molecule has 5 nitrogen and oxygen atoms in total. The van der Waals surface area contributed by atoms with Gasteiger partial charge in [0.1, 0.15) is 0 Å². The maximum atomic E-state index is 13.9. The number of nitrogens with one attached hydrogen (secondary N) is 1. The molecule has 1 aromatic heterocycles. The molecule has 1 aliphatic heterocycles. The third-order valence-corrected chi connectivity index (χ3v) is 4.41. The van der Waals surface area contributed by atoms with Crippen LogP contribution in [0.25, 0.3) is 0 Å². The summed E-state index contributed by atoms with van der Waals surface area (Å²) in [6.07, 6.45) is 0.802. The molecule has 24 heavy (non-hydrogen) atoms. The van der Waals surface area contributed by atoms with Gasteiger partial charge in [-0.2, -0.15) is 5.10 Å². The first-order chi connectivity index (χ1) is 11.5. The number of halogens is 1. The number of methoxy groups -OCH3 is 1. The summed E-state index contributed by atoms with van der Waals surface area (Å²) in [5.41, 5.74) is 2.95. The van der Waals surface area contributed by atoms with E-state index in [1.807, 2.05) is 13.1 Å². The number of aryl methyl sites for hydroxylation is 1. The Labute approximate surface area is 141 Å². The first-order valence-electron chi connectivity index (χ1n) is 8.27. The molecule has 0 aliphatic carbocycles. The normalized spacial score (nSPS) is 16.8. The number of hydrogen-bond donors (Lipinski definition) is 1. The molecule has 0 bridgehead atoms. The summed E-state index contributed by atoms with van der Waals surface area (Å²) in [7, 11) is 3.54. The van der Waals surface area contributed by atoms with Gasteiger partial charge in [0.25, 0.3) is 0 Å². The van der Waals surface area contributed by atoms with Crippen LogP contribution in [-0.2, 0) is 13.6 Å². The molecule has 1 aromatic carbocycles. The maximum Gasteiger partial charge on any atom is 0.216 e. The Morgan fingerprint density at radius 2 is 2.25 bits per heavy atom. The van der Waals surface area contributed by atoms with Gasteiger partial charge in [0.2, 0.25) is 5.88 Å². The van der Waals surface area contributed by atoms with Crippen molar-refractivity contribution in [3.05, 3.63) is 40.8 Å². The van der Waals surface area contributed by atoms with Crippen molar-refractivity contribution in [3.8, 4) is 11.6 Å². The highest BCUT2D eigenvalue weighted by Gasteiger charge is 2.25. The summed E-state index contributed by atoms with van der Waals surface area (Å²) < 4.78 is 26.7. The summed E-state index contributed by atoms with van der Waals surface area (Å²) in [5, 5.41) is 8.09. The van der Waals surface area contributed by atoms with E-state index >= 15 is 0 Å². The number of benzene rings is 1. The SMILES string of the molecule is COc1c(CN[C@H]2CCOc3c(F)cccc32)c(C(C)C)nn1C. The second-order valence-corrected chi connectivity index (χ2v) is 6.38. The molecule has 1 atom stereocenters. The van der Waals surface area contributed by atoms with E-state index in [-0.39, 0.29) is 11.9 Å². The Kier molecular flexibility index (Phi) is 4.76. The molecule has 0 radical (unpaired) electrons. The highest BCUT2D eigenvalue weighted by molar-refractivity contribution is 5.39. The van der Waals surface area contributed by atoms with Crippen LogP contribution in [0.5, 0.6) is 11.6 Å². The van der Waals surface area contributed by atoms with Crippen LogP contribution in [-0.4, -0.2) is 23.5 Å². The molecule has 2 aromatic rings. The van der Waals surface area contributed by atoms with Crippen LogP contribution in [0.3, 0.4) is 0 Å². The standard InChI is InChI=1S/C18H24FN3O2/c1-11(2)16-13(18(23-4)22(3)21-16)10-20-15-8-9-24-17-12(15)6-5-7-14(17)19/h5-7,11,15,20H,8-10H2,1-4H3/t15-/m0/s1. The van der Waals surface area contributed by atoms with Crippen LogP contribution in [0.4, 0.5) is 4.39 Å². The van der Waals surface area contributed by atoms with Crippen molar-refractivity contribution >= 4 is 0 Å². The zero-order valence-corrected chi connectivity index (χ0v) is 14.6. The zero-order chi connectivity index (χ0) is 17.3. The Balaban J connectivity index is 1.84. The summed E-state index contributed by atoms with van der Waals surface area (Å²) in [6, 6.07) is 5.12. The minimum atomic E-state index is -0.305. The van der Waals surface area contributed by atoms with Gasteiger partial charge < -0.3 is 14.8 Å². The fraction of sp³-hybridized carbons (Fsp3) is 0.500. The van der Waals surface area contributed by atoms with Crippen LogP contribution in [0.2, 0.25) is 0 Å². The molecule has 3 rings (SSSR count). The lowest BCUT2D eigenvalue weighted by Crippen LogP contribution is -2.27. The average molecular weight is 333 g/mol. The van der Waals surface area contributed by atoms with Gasteiger partial charge in [0.15, 0.2) is 11.6 Å². The first kappa shape index (κ1) is 16.8. The van der Waals surface area contributed by atoms with Gasteiger partial charge in [0, 0.05) is 31.6 Å². The molecule has 0 saturated heterocycles. The van der Waals surface area contributed by atoms with Crippen molar-refractivity contribution in [3.63, 3.8) is 0 Å². The number of nitrogens with zero attached hydrogens (tertiary/aromatic N) is 2. The predicted molar refractivity (Wildman–Crippen MR) is 89.9 cm³/mol.